The zero-order valence-corrected chi connectivity index (χ0v) is 12.3. The van der Waals surface area contributed by atoms with E-state index in [2.05, 4.69) is 43.1 Å². The van der Waals surface area contributed by atoms with Crippen LogP contribution >= 0.6 is 0 Å². The topological polar surface area (TPSA) is 35.5 Å². The molecule has 0 spiro atoms. The Hall–Kier alpha value is -1.22. The Morgan fingerprint density at radius 1 is 1.47 bits per heavy atom. The number of nitrogens with zero attached hydrogens (tertiary/aromatic N) is 1. The zero-order valence-electron chi connectivity index (χ0n) is 12.3. The summed E-state index contributed by atoms with van der Waals surface area (Å²) in [6.45, 7) is 9.71. The van der Waals surface area contributed by atoms with Crippen LogP contribution < -0.4 is 10.2 Å². The van der Waals surface area contributed by atoms with Crippen molar-refractivity contribution in [3.8, 4) is 5.75 Å². The van der Waals surface area contributed by atoms with Gasteiger partial charge in [-0.15, -0.1) is 0 Å². The lowest BCUT2D eigenvalue weighted by Crippen LogP contribution is -2.21. The highest BCUT2D eigenvalue weighted by atomic mass is 16.3. The van der Waals surface area contributed by atoms with Crippen molar-refractivity contribution >= 4 is 5.69 Å². The SMILES string of the molecule is CCCNC(C)c1ccc(N2CCC(C)C2)cc1O. The lowest BCUT2D eigenvalue weighted by molar-refractivity contribution is 0.452. The minimum Gasteiger partial charge on any atom is -0.508 e. The van der Waals surface area contributed by atoms with Crippen LogP contribution in [-0.2, 0) is 0 Å². The van der Waals surface area contributed by atoms with E-state index in [1.54, 1.807) is 0 Å². The van der Waals surface area contributed by atoms with Gasteiger partial charge in [0.2, 0.25) is 0 Å². The highest BCUT2D eigenvalue weighted by molar-refractivity contribution is 5.54. The molecule has 0 aliphatic carbocycles. The normalized spacial score (nSPS) is 20.8. The van der Waals surface area contributed by atoms with E-state index in [1.807, 2.05) is 6.07 Å². The number of hydrogen-bond donors (Lipinski definition) is 2. The first kappa shape index (κ1) is 14.2. The van der Waals surface area contributed by atoms with Crippen LogP contribution in [0.5, 0.6) is 5.75 Å². The van der Waals surface area contributed by atoms with Gasteiger partial charge in [-0.05, 0) is 38.3 Å². The molecule has 3 heteroatoms. The summed E-state index contributed by atoms with van der Waals surface area (Å²) < 4.78 is 0. The van der Waals surface area contributed by atoms with Crippen molar-refractivity contribution in [2.75, 3.05) is 24.5 Å². The van der Waals surface area contributed by atoms with E-state index in [1.165, 1.54) is 6.42 Å². The third kappa shape index (κ3) is 3.41. The monoisotopic (exact) mass is 262 g/mol. The van der Waals surface area contributed by atoms with Crippen molar-refractivity contribution in [1.29, 1.82) is 0 Å². The number of nitrogens with one attached hydrogen (secondary N) is 1. The Morgan fingerprint density at radius 2 is 2.26 bits per heavy atom. The molecule has 1 saturated heterocycles. The average Bonchev–Trinajstić information content (AvgIpc) is 2.82. The zero-order chi connectivity index (χ0) is 13.8. The molecule has 0 radical (unpaired) electrons. The Morgan fingerprint density at radius 3 is 2.84 bits per heavy atom. The number of phenols is 1. The molecule has 2 unspecified atom stereocenters. The molecule has 1 heterocycles. The van der Waals surface area contributed by atoms with Gasteiger partial charge in [0, 0.05) is 36.4 Å². The van der Waals surface area contributed by atoms with E-state index in [9.17, 15) is 5.11 Å². The summed E-state index contributed by atoms with van der Waals surface area (Å²) in [6.07, 6.45) is 2.35. The number of hydrogen-bond acceptors (Lipinski definition) is 3. The van der Waals surface area contributed by atoms with Gasteiger partial charge in [-0.3, -0.25) is 0 Å². The van der Waals surface area contributed by atoms with Crippen LogP contribution in [0.15, 0.2) is 18.2 Å². The number of benzene rings is 1. The fourth-order valence-corrected chi connectivity index (χ4v) is 2.74. The molecule has 106 valence electrons. The summed E-state index contributed by atoms with van der Waals surface area (Å²) in [5.74, 6) is 1.17. The molecular weight excluding hydrogens is 236 g/mol. The first-order valence-electron chi connectivity index (χ1n) is 7.43. The maximum absolute atomic E-state index is 10.2. The van der Waals surface area contributed by atoms with E-state index < -0.39 is 0 Å². The minimum atomic E-state index is 0.200. The van der Waals surface area contributed by atoms with Crippen LogP contribution in [0, 0.1) is 5.92 Å². The number of anilines is 1. The van der Waals surface area contributed by atoms with Gasteiger partial charge in [0.15, 0.2) is 0 Å². The summed E-state index contributed by atoms with van der Waals surface area (Å²) in [6, 6.07) is 6.31. The van der Waals surface area contributed by atoms with Gasteiger partial charge in [-0.1, -0.05) is 19.9 Å². The molecule has 19 heavy (non-hydrogen) atoms. The highest BCUT2D eigenvalue weighted by Gasteiger charge is 2.20. The third-order valence-corrected chi connectivity index (χ3v) is 3.97. The molecule has 1 aliphatic heterocycles. The first-order valence-corrected chi connectivity index (χ1v) is 7.43. The van der Waals surface area contributed by atoms with Gasteiger partial charge in [0.25, 0.3) is 0 Å². The molecule has 1 aliphatic rings. The maximum atomic E-state index is 10.2. The lowest BCUT2D eigenvalue weighted by Gasteiger charge is -2.21. The van der Waals surface area contributed by atoms with Gasteiger partial charge < -0.3 is 15.3 Å². The quantitative estimate of drug-likeness (QED) is 0.854. The molecule has 2 atom stereocenters. The fourth-order valence-electron chi connectivity index (χ4n) is 2.74. The molecule has 1 fully saturated rings. The maximum Gasteiger partial charge on any atom is 0.122 e. The van der Waals surface area contributed by atoms with Crippen LogP contribution in [-0.4, -0.2) is 24.7 Å². The third-order valence-electron chi connectivity index (χ3n) is 3.97. The first-order chi connectivity index (χ1) is 9.11. The van der Waals surface area contributed by atoms with E-state index in [0.717, 1.165) is 43.2 Å². The fraction of sp³-hybridized carbons (Fsp3) is 0.625. The van der Waals surface area contributed by atoms with Crippen LogP contribution in [0.3, 0.4) is 0 Å². The number of rotatable bonds is 5. The smallest absolute Gasteiger partial charge is 0.122 e. The Labute approximate surface area is 116 Å². The molecule has 1 aromatic rings. The summed E-state index contributed by atoms with van der Waals surface area (Å²) >= 11 is 0. The van der Waals surface area contributed by atoms with E-state index in [4.69, 9.17) is 0 Å². The van der Waals surface area contributed by atoms with E-state index in [0.29, 0.717) is 5.75 Å². The van der Waals surface area contributed by atoms with Crippen LogP contribution in [0.1, 0.15) is 45.2 Å². The average molecular weight is 262 g/mol. The number of aromatic hydroxyl groups is 1. The van der Waals surface area contributed by atoms with Gasteiger partial charge in [0.1, 0.15) is 5.75 Å². The van der Waals surface area contributed by atoms with Gasteiger partial charge >= 0.3 is 0 Å². The molecule has 0 amide bonds. The van der Waals surface area contributed by atoms with Gasteiger partial charge in [-0.25, -0.2) is 0 Å². The molecule has 0 saturated carbocycles. The van der Waals surface area contributed by atoms with Crippen molar-refractivity contribution in [3.05, 3.63) is 23.8 Å². The Balaban J connectivity index is 2.08. The van der Waals surface area contributed by atoms with Crippen molar-refractivity contribution in [3.63, 3.8) is 0 Å². The van der Waals surface area contributed by atoms with Crippen molar-refractivity contribution in [2.45, 2.75) is 39.7 Å². The minimum absolute atomic E-state index is 0.200. The van der Waals surface area contributed by atoms with Gasteiger partial charge in [-0.2, -0.15) is 0 Å². The largest absolute Gasteiger partial charge is 0.508 e. The van der Waals surface area contributed by atoms with E-state index in [-0.39, 0.29) is 6.04 Å². The highest BCUT2D eigenvalue weighted by Crippen LogP contribution is 2.31. The second kappa shape index (κ2) is 6.29. The van der Waals surface area contributed by atoms with Crippen LogP contribution in [0.4, 0.5) is 5.69 Å². The van der Waals surface area contributed by atoms with Crippen molar-refractivity contribution in [2.24, 2.45) is 5.92 Å². The molecule has 1 aromatic carbocycles. The standard InChI is InChI=1S/C16H26N2O/c1-4-8-17-13(3)15-6-5-14(10-16(15)19)18-9-7-12(2)11-18/h5-6,10,12-13,17,19H,4,7-9,11H2,1-3H3. The summed E-state index contributed by atoms with van der Waals surface area (Å²) in [5.41, 5.74) is 2.14. The summed E-state index contributed by atoms with van der Waals surface area (Å²) in [5, 5.41) is 13.6. The molecular formula is C16H26N2O. The molecule has 3 nitrogen and oxygen atoms in total. The molecule has 0 aromatic heterocycles. The summed E-state index contributed by atoms with van der Waals surface area (Å²) in [7, 11) is 0. The van der Waals surface area contributed by atoms with Gasteiger partial charge in [0.05, 0.1) is 0 Å². The predicted octanol–water partition coefficient (Wildman–Crippen LogP) is 3.30. The van der Waals surface area contributed by atoms with E-state index >= 15 is 0 Å². The van der Waals surface area contributed by atoms with Crippen molar-refractivity contribution in [1.82, 2.24) is 5.32 Å². The van der Waals surface area contributed by atoms with Crippen LogP contribution in [0.25, 0.3) is 0 Å². The Kier molecular flexibility index (Phi) is 4.70. The predicted molar refractivity (Wildman–Crippen MR) is 80.8 cm³/mol. The second-order valence-corrected chi connectivity index (χ2v) is 5.76. The molecule has 0 bridgehead atoms. The van der Waals surface area contributed by atoms with Crippen LogP contribution in [0.2, 0.25) is 0 Å². The Bertz CT molecular complexity index is 419. The molecule has 2 rings (SSSR count). The second-order valence-electron chi connectivity index (χ2n) is 5.76. The molecule has 2 N–H and O–H groups in total. The number of phenolic OH excluding ortho intramolecular Hbond substituents is 1. The summed E-state index contributed by atoms with van der Waals surface area (Å²) in [4.78, 5) is 2.36. The van der Waals surface area contributed by atoms with Crippen molar-refractivity contribution < 1.29 is 5.11 Å². The lowest BCUT2D eigenvalue weighted by atomic mass is 10.1.